The van der Waals surface area contributed by atoms with Gasteiger partial charge in [0.1, 0.15) is 0 Å². The molecule has 7 nitrogen and oxygen atoms in total. The highest BCUT2D eigenvalue weighted by molar-refractivity contribution is 9.10. The second kappa shape index (κ2) is 8.18. The summed E-state index contributed by atoms with van der Waals surface area (Å²) in [6.45, 7) is 0. The van der Waals surface area contributed by atoms with Gasteiger partial charge in [-0.2, -0.15) is 4.68 Å². The predicted octanol–water partition coefficient (Wildman–Crippen LogP) is 3.38. The van der Waals surface area contributed by atoms with Crippen LogP contribution in [0.15, 0.2) is 99.2 Å². The second-order valence-electron chi connectivity index (χ2n) is 8.79. The fraction of sp³-hybridized carbons (Fsp3) is 0.148. The number of nitrogens with one attached hydrogen (secondary N) is 1. The number of likely N-dealkylation sites (N-methyl/N-ethyl adjacent to an activating group) is 2. The number of hydrogen-bond acceptors (Lipinski definition) is 5. The van der Waals surface area contributed by atoms with Crippen LogP contribution in [0.5, 0.6) is 0 Å². The molecule has 1 aromatic heterocycles. The van der Waals surface area contributed by atoms with Crippen LogP contribution in [0.1, 0.15) is 16.7 Å². The van der Waals surface area contributed by atoms with Gasteiger partial charge in [0, 0.05) is 29.7 Å². The second-order valence-corrected chi connectivity index (χ2v) is 10.7. The number of benzene rings is 3. The van der Waals surface area contributed by atoms with Crippen molar-refractivity contribution < 1.29 is 4.79 Å². The third kappa shape index (κ3) is 2.93. The third-order valence-corrected chi connectivity index (χ3v) is 8.66. The molecule has 3 aromatic carbocycles. The summed E-state index contributed by atoms with van der Waals surface area (Å²) in [5, 5.41) is 0. The number of halogens is 1. The number of nitrogens with zero attached hydrogens (tertiary/aromatic N) is 4. The Bertz CT molecular complexity index is 1670. The van der Waals surface area contributed by atoms with Crippen molar-refractivity contribution in [3.63, 3.8) is 0 Å². The van der Waals surface area contributed by atoms with Crippen molar-refractivity contribution in [1.82, 2.24) is 14.5 Å². The van der Waals surface area contributed by atoms with E-state index in [9.17, 15) is 9.59 Å². The topological polar surface area (TPSA) is 69.9 Å². The van der Waals surface area contributed by atoms with Gasteiger partial charge in [-0.25, -0.2) is 9.79 Å². The lowest BCUT2D eigenvalue weighted by molar-refractivity contribution is 0.0648. The van der Waals surface area contributed by atoms with Gasteiger partial charge in [0.2, 0.25) is 16.1 Å². The SMILES string of the molecule is CN1C(=O)N(C)[C@]2(c3ccccc3)N=c3s/c(=C/c4ccccc4Br)c(=O)n3N[C@]12c1ccccc1. The van der Waals surface area contributed by atoms with Gasteiger partial charge in [-0.05, 0) is 17.7 Å². The van der Waals surface area contributed by atoms with E-state index < -0.39 is 11.3 Å². The molecule has 0 saturated carbocycles. The van der Waals surface area contributed by atoms with Gasteiger partial charge < -0.3 is 0 Å². The molecule has 6 rings (SSSR count). The summed E-state index contributed by atoms with van der Waals surface area (Å²) in [5.41, 5.74) is 3.47. The molecule has 2 aliphatic heterocycles. The molecule has 1 N–H and O–H groups in total. The fourth-order valence-electron chi connectivity index (χ4n) is 5.25. The van der Waals surface area contributed by atoms with Crippen LogP contribution >= 0.6 is 27.3 Å². The molecular weight excluding hydrogens is 538 g/mol. The van der Waals surface area contributed by atoms with Gasteiger partial charge in [-0.3, -0.25) is 20.0 Å². The first-order valence-electron chi connectivity index (χ1n) is 11.4. The van der Waals surface area contributed by atoms with E-state index in [1.165, 1.54) is 16.0 Å². The van der Waals surface area contributed by atoms with Crippen LogP contribution < -0.4 is 20.3 Å². The number of rotatable bonds is 3. The minimum absolute atomic E-state index is 0.206. The van der Waals surface area contributed by atoms with Gasteiger partial charge in [0.25, 0.3) is 5.56 Å². The third-order valence-electron chi connectivity index (χ3n) is 6.96. The molecule has 1 saturated heterocycles. The molecule has 4 aromatic rings. The molecular formula is C27H22BrN5O2S. The van der Waals surface area contributed by atoms with Crippen molar-refractivity contribution in [1.29, 1.82) is 0 Å². The average Bonchev–Trinajstić information content (AvgIpc) is 3.30. The fourth-order valence-corrected chi connectivity index (χ4v) is 6.61. The molecule has 0 unspecified atom stereocenters. The first-order chi connectivity index (χ1) is 17.4. The Labute approximate surface area is 219 Å². The van der Waals surface area contributed by atoms with E-state index in [-0.39, 0.29) is 11.6 Å². The zero-order chi connectivity index (χ0) is 25.1. The van der Waals surface area contributed by atoms with E-state index in [0.29, 0.717) is 9.33 Å². The first kappa shape index (κ1) is 22.8. The molecule has 0 radical (unpaired) electrons. The molecule has 0 spiro atoms. The summed E-state index contributed by atoms with van der Waals surface area (Å²) in [6, 6.07) is 27.0. The Hall–Kier alpha value is -3.69. The van der Waals surface area contributed by atoms with E-state index in [2.05, 4.69) is 21.4 Å². The summed E-state index contributed by atoms with van der Waals surface area (Å²) in [7, 11) is 3.51. The molecule has 1 fully saturated rings. The van der Waals surface area contributed by atoms with E-state index in [0.717, 1.165) is 21.2 Å². The van der Waals surface area contributed by atoms with Crippen molar-refractivity contribution in [3.05, 3.63) is 126 Å². The maximum absolute atomic E-state index is 13.7. The first-order valence-corrected chi connectivity index (χ1v) is 13.0. The van der Waals surface area contributed by atoms with Crippen LogP contribution in [-0.4, -0.2) is 34.6 Å². The minimum atomic E-state index is -1.18. The maximum atomic E-state index is 13.7. The van der Waals surface area contributed by atoms with Gasteiger partial charge in [0.15, 0.2) is 0 Å². The number of carbonyl (C=O) groups is 1. The Balaban J connectivity index is 1.72. The van der Waals surface area contributed by atoms with Crippen LogP contribution in [0, 0.1) is 0 Å². The van der Waals surface area contributed by atoms with E-state index in [1.54, 1.807) is 23.9 Å². The average molecular weight is 560 g/mol. The Morgan fingerprint density at radius 2 is 1.47 bits per heavy atom. The van der Waals surface area contributed by atoms with Crippen molar-refractivity contribution in [3.8, 4) is 0 Å². The molecule has 9 heteroatoms. The summed E-state index contributed by atoms with van der Waals surface area (Å²) >= 11 is 4.86. The number of urea groups is 1. The highest BCUT2D eigenvalue weighted by Gasteiger charge is 2.69. The number of aromatic nitrogens is 1. The monoisotopic (exact) mass is 559 g/mol. The minimum Gasteiger partial charge on any atom is -0.295 e. The quantitative estimate of drug-likeness (QED) is 0.418. The van der Waals surface area contributed by atoms with Gasteiger partial charge >= 0.3 is 6.03 Å². The standard InChI is InChI=1S/C27H22BrN5O2S/c1-31-25(35)32(2)27(20-14-7-4-8-15-20)26(31,19-12-5-3-6-13-19)29-24-33(30-27)23(34)22(36-24)17-18-11-9-10-16-21(18)28/h3-17,30H,1-2H3/b22-17+/t26-,27+/m0/s1. The Kier molecular flexibility index (Phi) is 5.17. The number of fused-ring (bicyclic) bond motifs is 2. The number of amides is 2. The van der Waals surface area contributed by atoms with E-state index >= 15 is 0 Å². The lowest BCUT2D eigenvalue weighted by Gasteiger charge is -2.49. The lowest BCUT2D eigenvalue weighted by atomic mass is 9.80. The highest BCUT2D eigenvalue weighted by atomic mass is 79.9. The van der Waals surface area contributed by atoms with Crippen LogP contribution in [0.2, 0.25) is 0 Å². The van der Waals surface area contributed by atoms with E-state index in [1.807, 2.05) is 91.0 Å². The zero-order valence-corrected chi connectivity index (χ0v) is 22.0. The van der Waals surface area contributed by atoms with Crippen molar-refractivity contribution in [2.24, 2.45) is 4.99 Å². The molecule has 2 aliphatic rings. The highest BCUT2D eigenvalue weighted by Crippen LogP contribution is 2.53. The van der Waals surface area contributed by atoms with Crippen LogP contribution in [0.25, 0.3) is 6.08 Å². The summed E-state index contributed by atoms with van der Waals surface area (Å²) in [6.07, 6.45) is 1.86. The van der Waals surface area contributed by atoms with Crippen molar-refractivity contribution >= 4 is 39.4 Å². The van der Waals surface area contributed by atoms with Crippen LogP contribution in [-0.2, 0) is 11.3 Å². The molecule has 2 amide bonds. The molecule has 180 valence electrons. The number of carbonyl (C=O) groups excluding carboxylic acids is 1. The number of thiazole rings is 1. The summed E-state index contributed by atoms with van der Waals surface area (Å²) in [5.74, 6) is 0. The Morgan fingerprint density at radius 1 is 0.861 bits per heavy atom. The molecule has 36 heavy (non-hydrogen) atoms. The summed E-state index contributed by atoms with van der Waals surface area (Å²) < 4.78 is 2.91. The van der Waals surface area contributed by atoms with Crippen molar-refractivity contribution in [2.75, 3.05) is 19.5 Å². The van der Waals surface area contributed by atoms with Crippen molar-refractivity contribution in [2.45, 2.75) is 11.3 Å². The smallest absolute Gasteiger partial charge is 0.295 e. The predicted molar refractivity (Wildman–Crippen MR) is 144 cm³/mol. The molecule has 0 aliphatic carbocycles. The van der Waals surface area contributed by atoms with Gasteiger partial charge in [-0.1, -0.05) is 106 Å². The Morgan fingerprint density at radius 3 is 2.14 bits per heavy atom. The normalized spacial score (nSPS) is 23.2. The van der Waals surface area contributed by atoms with Gasteiger partial charge in [0.05, 0.1) is 4.53 Å². The van der Waals surface area contributed by atoms with E-state index in [4.69, 9.17) is 4.99 Å². The molecule has 3 heterocycles. The summed E-state index contributed by atoms with van der Waals surface area (Å²) in [4.78, 5) is 36.3. The largest absolute Gasteiger partial charge is 0.324 e. The lowest BCUT2D eigenvalue weighted by Crippen LogP contribution is -2.67. The van der Waals surface area contributed by atoms with Crippen LogP contribution in [0.4, 0.5) is 4.79 Å². The molecule has 0 bridgehead atoms. The maximum Gasteiger partial charge on any atom is 0.324 e. The number of hydrogen-bond donors (Lipinski definition) is 1. The molecule has 2 atom stereocenters. The zero-order valence-electron chi connectivity index (χ0n) is 19.6. The van der Waals surface area contributed by atoms with Crippen LogP contribution in [0.3, 0.4) is 0 Å². The van der Waals surface area contributed by atoms with Gasteiger partial charge in [-0.15, -0.1) is 0 Å².